The van der Waals surface area contributed by atoms with Crippen LogP contribution in [-0.4, -0.2) is 11.7 Å². The molecular formula is C21H32O. The lowest BCUT2D eigenvalue weighted by Crippen LogP contribution is -2.48. The second-order valence-electron chi connectivity index (χ2n) is 8.87. The van der Waals surface area contributed by atoms with Gasteiger partial charge in [0.15, 0.2) is 0 Å². The minimum absolute atomic E-state index is 0.230. The molecule has 0 aromatic heterocycles. The van der Waals surface area contributed by atoms with Crippen molar-refractivity contribution in [1.82, 2.24) is 0 Å². The summed E-state index contributed by atoms with van der Waals surface area (Å²) >= 11 is 0. The van der Waals surface area contributed by atoms with Crippen LogP contribution in [0.3, 0.4) is 0 Å². The van der Waals surface area contributed by atoms with Gasteiger partial charge in [-0.1, -0.05) is 43.6 Å². The zero-order valence-electron chi connectivity index (χ0n) is 14.4. The molecule has 122 valence electrons. The first-order chi connectivity index (χ1) is 10.6. The highest BCUT2D eigenvalue weighted by atomic mass is 16.2. The number of rotatable bonds is 1. The quantitative estimate of drug-likeness (QED) is 0.655. The topological polar surface area (TPSA) is 20.2 Å². The molecule has 1 heteroatoms. The SMILES string of the molecule is C[C@]12CCCCC1=CC[C@@H]1[C@@H]2CC[C@]2(C)C(=CCO)CC[C@@H]12. The first-order valence-electron chi connectivity index (χ1n) is 9.59. The third-order valence-electron chi connectivity index (χ3n) is 8.20. The van der Waals surface area contributed by atoms with E-state index in [4.69, 9.17) is 0 Å². The summed E-state index contributed by atoms with van der Waals surface area (Å²) in [5.41, 5.74) is 4.29. The van der Waals surface area contributed by atoms with Gasteiger partial charge in [-0.05, 0) is 80.0 Å². The molecule has 4 rings (SSSR count). The highest BCUT2D eigenvalue weighted by Crippen LogP contribution is 2.66. The molecular weight excluding hydrogens is 268 g/mol. The first kappa shape index (κ1) is 15.0. The van der Waals surface area contributed by atoms with Crippen LogP contribution in [0.25, 0.3) is 0 Å². The number of fused-ring (bicyclic) bond motifs is 5. The van der Waals surface area contributed by atoms with E-state index in [-0.39, 0.29) is 6.61 Å². The van der Waals surface area contributed by atoms with Crippen molar-refractivity contribution >= 4 is 0 Å². The molecule has 0 aliphatic heterocycles. The van der Waals surface area contributed by atoms with Gasteiger partial charge in [0.05, 0.1) is 6.61 Å². The Hall–Kier alpha value is -0.560. The number of allylic oxidation sites excluding steroid dienone is 3. The molecule has 1 nitrogen and oxygen atoms in total. The van der Waals surface area contributed by atoms with Crippen LogP contribution >= 0.6 is 0 Å². The van der Waals surface area contributed by atoms with Crippen molar-refractivity contribution < 1.29 is 5.11 Å². The van der Waals surface area contributed by atoms with Gasteiger partial charge in [0.25, 0.3) is 0 Å². The lowest BCUT2D eigenvalue weighted by molar-refractivity contribution is -0.0137. The minimum atomic E-state index is 0.230. The average molecular weight is 300 g/mol. The summed E-state index contributed by atoms with van der Waals surface area (Å²) in [5, 5.41) is 9.37. The lowest BCUT2D eigenvalue weighted by atomic mass is 9.48. The van der Waals surface area contributed by atoms with Crippen LogP contribution in [-0.2, 0) is 0 Å². The molecule has 22 heavy (non-hydrogen) atoms. The smallest absolute Gasteiger partial charge is 0.0615 e. The Balaban J connectivity index is 1.68. The monoisotopic (exact) mass is 300 g/mol. The van der Waals surface area contributed by atoms with Crippen LogP contribution in [0, 0.1) is 28.6 Å². The van der Waals surface area contributed by atoms with E-state index in [1.807, 2.05) is 5.57 Å². The maximum Gasteiger partial charge on any atom is 0.0615 e. The Morgan fingerprint density at radius 3 is 2.73 bits per heavy atom. The Morgan fingerprint density at radius 1 is 1.09 bits per heavy atom. The van der Waals surface area contributed by atoms with E-state index in [9.17, 15) is 5.11 Å². The van der Waals surface area contributed by atoms with E-state index in [0.29, 0.717) is 10.8 Å². The summed E-state index contributed by atoms with van der Waals surface area (Å²) in [6.07, 6.45) is 17.1. The van der Waals surface area contributed by atoms with Crippen LogP contribution in [0.15, 0.2) is 23.3 Å². The second-order valence-corrected chi connectivity index (χ2v) is 8.87. The molecule has 0 unspecified atom stereocenters. The van der Waals surface area contributed by atoms with Crippen LogP contribution in [0.5, 0.6) is 0 Å². The number of aliphatic hydroxyl groups excluding tert-OH is 1. The van der Waals surface area contributed by atoms with Crippen molar-refractivity contribution in [2.24, 2.45) is 28.6 Å². The molecule has 3 fully saturated rings. The predicted octanol–water partition coefficient (Wildman–Crippen LogP) is 5.26. The minimum Gasteiger partial charge on any atom is -0.392 e. The van der Waals surface area contributed by atoms with Crippen molar-refractivity contribution in [3.05, 3.63) is 23.3 Å². The molecule has 1 N–H and O–H groups in total. The summed E-state index contributed by atoms with van der Waals surface area (Å²) in [7, 11) is 0. The maximum atomic E-state index is 9.37. The van der Waals surface area contributed by atoms with E-state index in [2.05, 4.69) is 26.0 Å². The second kappa shape index (κ2) is 5.23. The standard InChI is InChI=1S/C21H32O/c1-20-12-4-3-5-15(20)6-8-17-18-9-7-16(11-14-22)21(18,2)13-10-19(17)20/h6,11,17-19,22H,3-5,7-10,12-14H2,1-2H3/t17-,18-,19-,20-,21+/m0/s1. The van der Waals surface area contributed by atoms with Crippen molar-refractivity contribution in [1.29, 1.82) is 0 Å². The predicted molar refractivity (Wildman–Crippen MR) is 91.5 cm³/mol. The molecule has 0 saturated heterocycles. The highest BCUT2D eigenvalue weighted by Gasteiger charge is 2.56. The summed E-state index contributed by atoms with van der Waals surface area (Å²) in [5.74, 6) is 2.69. The summed E-state index contributed by atoms with van der Waals surface area (Å²) in [4.78, 5) is 0. The Kier molecular flexibility index (Phi) is 3.56. The molecule has 0 aromatic rings. The first-order valence-corrected chi connectivity index (χ1v) is 9.59. The third-order valence-corrected chi connectivity index (χ3v) is 8.20. The highest BCUT2D eigenvalue weighted by molar-refractivity contribution is 5.28. The Bertz CT molecular complexity index is 516. The van der Waals surface area contributed by atoms with Gasteiger partial charge >= 0.3 is 0 Å². The molecule has 4 aliphatic carbocycles. The van der Waals surface area contributed by atoms with Gasteiger partial charge in [-0.2, -0.15) is 0 Å². The van der Waals surface area contributed by atoms with Crippen LogP contribution in [0.1, 0.15) is 71.6 Å². The summed E-state index contributed by atoms with van der Waals surface area (Å²) in [6, 6.07) is 0. The fourth-order valence-electron chi connectivity index (χ4n) is 6.99. The van der Waals surface area contributed by atoms with E-state index in [1.54, 1.807) is 5.57 Å². The summed E-state index contributed by atoms with van der Waals surface area (Å²) in [6.45, 7) is 5.33. The van der Waals surface area contributed by atoms with E-state index >= 15 is 0 Å². The summed E-state index contributed by atoms with van der Waals surface area (Å²) < 4.78 is 0. The molecule has 5 atom stereocenters. The fraction of sp³-hybridized carbons (Fsp3) is 0.810. The van der Waals surface area contributed by atoms with E-state index < -0.39 is 0 Å². The van der Waals surface area contributed by atoms with Gasteiger partial charge in [-0.15, -0.1) is 0 Å². The molecule has 0 radical (unpaired) electrons. The molecule has 0 amide bonds. The molecule has 0 bridgehead atoms. The largest absolute Gasteiger partial charge is 0.392 e. The van der Waals surface area contributed by atoms with Gasteiger partial charge in [0, 0.05) is 0 Å². The molecule has 0 aromatic carbocycles. The van der Waals surface area contributed by atoms with Crippen molar-refractivity contribution in [2.75, 3.05) is 6.61 Å². The van der Waals surface area contributed by atoms with Crippen LogP contribution < -0.4 is 0 Å². The van der Waals surface area contributed by atoms with Crippen molar-refractivity contribution in [3.63, 3.8) is 0 Å². The van der Waals surface area contributed by atoms with E-state index in [0.717, 1.165) is 17.8 Å². The van der Waals surface area contributed by atoms with Crippen LogP contribution in [0.2, 0.25) is 0 Å². The van der Waals surface area contributed by atoms with Crippen molar-refractivity contribution in [3.8, 4) is 0 Å². The normalized spacial score (nSPS) is 49.3. The van der Waals surface area contributed by atoms with Gasteiger partial charge in [0.2, 0.25) is 0 Å². The van der Waals surface area contributed by atoms with Gasteiger partial charge in [-0.3, -0.25) is 0 Å². The zero-order valence-corrected chi connectivity index (χ0v) is 14.4. The Labute approximate surface area is 135 Å². The molecule has 4 aliphatic rings. The third kappa shape index (κ3) is 1.94. The van der Waals surface area contributed by atoms with Gasteiger partial charge < -0.3 is 5.11 Å². The Morgan fingerprint density at radius 2 is 1.91 bits per heavy atom. The molecule has 0 heterocycles. The van der Waals surface area contributed by atoms with Gasteiger partial charge in [-0.25, -0.2) is 0 Å². The average Bonchev–Trinajstić information content (AvgIpc) is 2.84. The number of aliphatic hydroxyl groups is 1. The van der Waals surface area contributed by atoms with Crippen molar-refractivity contribution in [2.45, 2.75) is 71.6 Å². The number of hydrogen-bond donors (Lipinski definition) is 1. The van der Waals surface area contributed by atoms with E-state index in [1.165, 1.54) is 57.8 Å². The molecule has 3 saturated carbocycles. The van der Waals surface area contributed by atoms with Crippen LogP contribution in [0.4, 0.5) is 0 Å². The molecule has 0 spiro atoms. The maximum absolute atomic E-state index is 9.37. The fourth-order valence-corrected chi connectivity index (χ4v) is 6.99. The lowest BCUT2D eigenvalue weighted by Gasteiger charge is -2.57. The number of hydrogen-bond acceptors (Lipinski definition) is 1. The zero-order chi connectivity index (χ0) is 15.4. The van der Waals surface area contributed by atoms with Gasteiger partial charge in [0.1, 0.15) is 0 Å².